The van der Waals surface area contributed by atoms with E-state index in [0.717, 1.165) is 25.8 Å². The summed E-state index contributed by atoms with van der Waals surface area (Å²) in [5, 5.41) is 2.74. The van der Waals surface area contributed by atoms with E-state index in [2.05, 4.69) is 5.32 Å². The minimum atomic E-state index is 0.214. The molecule has 0 aromatic heterocycles. The number of hydrogen-bond acceptors (Lipinski definition) is 1. The molecule has 1 saturated heterocycles. The molecule has 1 heterocycles. The second kappa shape index (κ2) is 1.96. The maximum Gasteiger partial charge on any atom is 0.219 e. The molecule has 0 atom stereocenters. The summed E-state index contributed by atoms with van der Waals surface area (Å²) < 4.78 is 0. The lowest BCUT2D eigenvalue weighted by Crippen LogP contribution is -2.28. The van der Waals surface area contributed by atoms with Gasteiger partial charge in [0.1, 0.15) is 0 Å². The largest absolute Gasteiger partial charge is 0.356 e. The van der Waals surface area contributed by atoms with Gasteiger partial charge in [-0.2, -0.15) is 0 Å². The minimum absolute atomic E-state index is 0.214. The van der Waals surface area contributed by atoms with Gasteiger partial charge in [-0.05, 0) is 12.8 Å². The number of amides is 1. The van der Waals surface area contributed by atoms with E-state index in [9.17, 15) is 4.79 Å². The van der Waals surface area contributed by atoms with E-state index < -0.39 is 0 Å². The fraction of sp³-hybridized carbons (Fsp3) is 0.800. The molecule has 0 unspecified atom stereocenters. The first-order valence-corrected chi connectivity index (χ1v) is 2.66. The van der Waals surface area contributed by atoms with Crippen molar-refractivity contribution in [1.29, 1.82) is 0 Å². The van der Waals surface area contributed by atoms with Gasteiger partial charge in [-0.25, -0.2) is 0 Å². The van der Waals surface area contributed by atoms with Crippen LogP contribution in [0.15, 0.2) is 0 Å². The number of nitrogens with one attached hydrogen (secondary N) is 1. The van der Waals surface area contributed by atoms with Crippen LogP contribution in [0.4, 0.5) is 0 Å². The van der Waals surface area contributed by atoms with E-state index in [1.54, 1.807) is 0 Å². The molecule has 1 amide bonds. The third-order valence-corrected chi connectivity index (χ3v) is 1.15. The first-order chi connectivity index (χ1) is 3.39. The summed E-state index contributed by atoms with van der Waals surface area (Å²) in [4.78, 5) is 10.4. The molecule has 0 aliphatic carbocycles. The van der Waals surface area contributed by atoms with Crippen molar-refractivity contribution in [3.05, 3.63) is 0 Å². The predicted octanol–water partition coefficient (Wildman–Crippen LogP) is 0.287. The fourth-order valence-corrected chi connectivity index (χ4v) is 0.727. The van der Waals surface area contributed by atoms with Gasteiger partial charge in [0.15, 0.2) is 0 Å². The van der Waals surface area contributed by atoms with Crippen LogP contribution in [0.3, 0.4) is 0 Å². The van der Waals surface area contributed by atoms with Gasteiger partial charge in [0.2, 0.25) is 5.91 Å². The number of carbonyl (C=O) groups is 1. The topological polar surface area (TPSA) is 29.1 Å². The van der Waals surface area contributed by atoms with Crippen molar-refractivity contribution in [2.75, 3.05) is 6.54 Å². The Labute approximate surface area is 42.9 Å². The molecule has 1 aliphatic heterocycles. The highest BCUT2D eigenvalue weighted by molar-refractivity contribution is 5.76. The van der Waals surface area contributed by atoms with Gasteiger partial charge in [-0.3, -0.25) is 4.79 Å². The summed E-state index contributed by atoms with van der Waals surface area (Å²) in [6.07, 6.45) is 2.97. The molecule has 1 rings (SSSR count). The fourth-order valence-electron chi connectivity index (χ4n) is 0.727. The van der Waals surface area contributed by atoms with Gasteiger partial charge in [-0.15, -0.1) is 0 Å². The maximum absolute atomic E-state index is 10.4. The molecule has 0 spiro atoms. The van der Waals surface area contributed by atoms with Gasteiger partial charge in [-0.1, -0.05) is 0 Å². The smallest absolute Gasteiger partial charge is 0.219 e. The molecule has 7 heavy (non-hydrogen) atoms. The molecule has 0 radical (unpaired) electrons. The first kappa shape index (κ1) is 4.62. The third kappa shape index (κ3) is 1.18. The lowest BCUT2D eigenvalue weighted by Gasteiger charge is -2.08. The Bertz CT molecular complexity index is 72.1. The lowest BCUT2D eigenvalue weighted by atomic mass is 10.2. The van der Waals surface area contributed by atoms with Crippen LogP contribution in [-0.2, 0) is 4.79 Å². The molecular formula is C5H9NO. The van der Waals surface area contributed by atoms with Gasteiger partial charge in [0.25, 0.3) is 0 Å². The Kier molecular flexibility index (Phi) is 1.29. The van der Waals surface area contributed by atoms with Gasteiger partial charge < -0.3 is 5.32 Å². The highest BCUT2D eigenvalue weighted by atomic mass is 18.1. The summed E-state index contributed by atoms with van der Waals surface area (Å²) in [6, 6.07) is 0. The van der Waals surface area contributed by atoms with Crippen molar-refractivity contribution >= 4 is 5.91 Å². The number of carbonyl (C=O) groups excluding carboxylic acids is 1. The van der Waals surface area contributed by atoms with E-state index in [0.29, 0.717) is 0 Å². The van der Waals surface area contributed by atoms with Crippen LogP contribution < -0.4 is 5.32 Å². The molecule has 0 aromatic rings. The molecular weight excluding hydrogens is 92.1 g/mol. The van der Waals surface area contributed by atoms with Crippen molar-refractivity contribution in [1.82, 2.24) is 5.32 Å². The second-order valence-electron chi connectivity index (χ2n) is 1.81. The van der Waals surface area contributed by atoms with Crippen LogP contribution in [0.2, 0.25) is 0 Å². The maximum atomic E-state index is 10.4. The minimum Gasteiger partial charge on any atom is -0.356 e. The van der Waals surface area contributed by atoms with Gasteiger partial charge >= 0.3 is 0 Å². The van der Waals surface area contributed by atoms with E-state index in [4.69, 9.17) is 0 Å². The standard InChI is InChI=1S/C5H9NO/c7-5-3-1-2-4-6-5/h1-4H2,(H,6,7)/i7+2. The summed E-state index contributed by atoms with van der Waals surface area (Å²) in [5.74, 6) is 0.214. The normalized spacial score (nSPS) is 21.4. The van der Waals surface area contributed by atoms with Crippen LogP contribution in [0.25, 0.3) is 0 Å². The summed E-state index contributed by atoms with van der Waals surface area (Å²) in [5.41, 5.74) is 0. The highest BCUT2D eigenvalue weighted by Crippen LogP contribution is 1.98. The Morgan fingerprint density at radius 3 is 2.57 bits per heavy atom. The van der Waals surface area contributed by atoms with Crippen LogP contribution in [0.1, 0.15) is 19.3 Å². The average molecular weight is 101 g/mol. The van der Waals surface area contributed by atoms with Crippen molar-refractivity contribution in [3.8, 4) is 0 Å². The molecule has 1 fully saturated rings. The third-order valence-electron chi connectivity index (χ3n) is 1.15. The molecule has 1 N–H and O–H groups in total. The monoisotopic (exact) mass is 101 g/mol. The zero-order chi connectivity index (χ0) is 5.11. The number of piperidine rings is 1. The van der Waals surface area contributed by atoms with Crippen molar-refractivity contribution in [2.45, 2.75) is 19.3 Å². The Morgan fingerprint density at radius 1 is 1.43 bits per heavy atom. The van der Waals surface area contributed by atoms with Crippen LogP contribution in [0.5, 0.6) is 0 Å². The molecule has 0 aromatic carbocycles. The zero-order valence-electron chi connectivity index (χ0n) is 4.24. The van der Waals surface area contributed by atoms with Crippen LogP contribution in [0, 0.1) is 0 Å². The van der Waals surface area contributed by atoms with Gasteiger partial charge in [0, 0.05) is 13.0 Å². The molecule has 0 bridgehead atoms. The van der Waals surface area contributed by atoms with Crippen molar-refractivity contribution < 1.29 is 4.79 Å². The molecule has 1 aliphatic rings. The van der Waals surface area contributed by atoms with Crippen molar-refractivity contribution in [2.24, 2.45) is 0 Å². The van der Waals surface area contributed by atoms with E-state index in [1.165, 1.54) is 0 Å². The lowest BCUT2D eigenvalue weighted by molar-refractivity contribution is -0.122. The van der Waals surface area contributed by atoms with E-state index in [1.807, 2.05) is 0 Å². The van der Waals surface area contributed by atoms with Gasteiger partial charge in [0.05, 0.1) is 0 Å². The van der Waals surface area contributed by atoms with Crippen molar-refractivity contribution in [3.63, 3.8) is 0 Å². The molecule has 2 nitrogen and oxygen atoms in total. The van der Waals surface area contributed by atoms with Crippen LogP contribution >= 0.6 is 0 Å². The second-order valence-corrected chi connectivity index (χ2v) is 1.81. The number of hydrogen-bond donors (Lipinski definition) is 1. The quantitative estimate of drug-likeness (QED) is 0.436. The Hall–Kier alpha value is -0.530. The zero-order valence-corrected chi connectivity index (χ0v) is 4.24. The number of rotatable bonds is 0. The molecule has 0 saturated carbocycles. The Balaban J connectivity index is 2.25. The molecule has 2 heteroatoms. The Morgan fingerprint density at radius 2 is 2.29 bits per heavy atom. The SMILES string of the molecule is [18O]=C1CCCCN1. The highest BCUT2D eigenvalue weighted by Gasteiger charge is 2.04. The summed E-state index contributed by atoms with van der Waals surface area (Å²) in [6.45, 7) is 0.888. The molecule has 40 valence electrons. The van der Waals surface area contributed by atoms with E-state index >= 15 is 0 Å². The van der Waals surface area contributed by atoms with E-state index in [-0.39, 0.29) is 5.91 Å². The summed E-state index contributed by atoms with van der Waals surface area (Å²) >= 11 is 0. The predicted molar refractivity (Wildman–Crippen MR) is 26.9 cm³/mol. The average Bonchev–Trinajstić information content (AvgIpc) is 1.69. The first-order valence-electron chi connectivity index (χ1n) is 2.66. The summed E-state index contributed by atoms with van der Waals surface area (Å²) in [7, 11) is 0. The van der Waals surface area contributed by atoms with Crippen LogP contribution in [-0.4, -0.2) is 12.5 Å².